The number of nitrogens with one attached hydrogen (secondary N) is 2. The Morgan fingerprint density at radius 3 is 2.39 bits per heavy atom. The van der Waals surface area contributed by atoms with Crippen molar-refractivity contribution in [3.05, 3.63) is 82.8 Å². The monoisotopic (exact) mass is 372 g/mol. The fraction of sp³-hybridized carbons (Fsp3) is 0.0500. The van der Waals surface area contributed by atoms with E-state index in [9.17, 15) is 10.1 Å². The summed E-state index contributed by atoms with van der Waals surface area (Å²) in [4.78, 5) is 23.7. The molecule has 0 saturated heterocycles. The van der Waals surface area contributed by atoms with Crippen molar-refractivity contribution in [2.24, 2.45) is 0 Å². The number of hydrogen-bond donors (Lipinski definition) is 2. The molecule has 2 aromatic carbocycles. The number of hydrogen-bond acceptors (Lipinski definition) is 7. The lowest BCUT2D eigenvalue weighted by Gasteiger charge is -2.11. The molecular formula is C20H16N6O2. The van der Waals surface area contributed by atoms with Gasteiger partial charge in [0.25, 0.3) is 0 Å². The van der Waals surface area contributed by atoms with Gasteiger partial charge >= 0.3 is 5.69 Å². The zero-order chi connectivity index (χ0) is 19.5. The summed E-state index contributed by atoms with van der Waals surface area (Å²) in [6.45, 7) is 1.97. The Morgan fingerprint density at radius 1 is 0.893 bits per heavy atom. The second kappa shape index (κ2) is 7.28. The first-order valence-electron chi connectivity index (χ1n) is 8.55. The molecule has 0 bridgehead atoms. The summed E-state index contributed by atoms with van der Waals surface area (Å²) < 4.78 is 0. The molecule has 0 radical (unpaired) electrons. The number of fused-ring (bicyclic) bond motifs is 1. The molecule has 4 rings (SSSR count). The van der Waals surface area contributed by atoms with Crippen LogP contribution in [0.25, 0.3) is 10.9 Å². The van der Waals surface area contributed by atoms with E-state index in [2.05, 4.69) is 25.6 Å². The molecule has 2 aromatic heterocycles. The lowest BCUT2D eigenvalue weighted by Crippen LogP contribution is -2.05. The van der Waals surface area contributed by atoms with Gasteiger partial charge in [-0.2, -0.15) is 0 Å². The van der Waals surface area contributed by atoms with Crippen LogP contribution in [0.15, 0.2) is 67.1 Å². The van der Waals surface area contributed by atoms with E-state index in [4.69, 9.17) is 0 Å². The van der Waals surface area contributed by atoms with Gasteiger partial charge in [-0.25, -0.2) is 9.97 Å². The van der Waals surface area contributed by atoms with Crippen LogP contribution in [0.2, 0.25) is 0 Å². The number of aromatic nitrogens is 3. The zero-order valence-corrected chi connectivity index (χ0v) is 15.0. The Bertz CT molecular complexity index is 1160. The average molecular weight is 372 g/mol. The molecule has 2 heterocycles. The maximum atomic E-state index is 11.8. The lowest BCUT2D eigenvalue weighted by molar-refractivity contribution is -0.383. The van der Waals surface area contributed by atoms with Crippen LogP contribution in [0.5, 0.6) is 0 Å². The van der Waals surface area contributed by atoms with Crippen LogP contribution in [0.4, 0.5) is 28.7 Å². The molecule has 0 aliphatic carbocycles. The summed E-state index contributed by atoms with van der Waals surface area (Å²) in [5.74, 6) is 0.218. The quantitative estimate of drug-likeness (QED) is 0.385. The predicted octanol–water partition coefficient (Wildman–Crippen LogP) is 4.73. The summed E-state index contributed by atoms with van der Waals surface area (Å²) in [6, 6.07) is 16.7. The molecule has 0 aliphatic heterocycles. The van der Waals surface area contributed by atoms with Crippen molar-refractivity contribution >= 4 is 39.6 Å². The molecule has 0 saturated carbocycles. The SMILES string of the molecule is Cc1ccc(Nc2ncnc(Nc3cccc4ncccc34)c2[N+](=O)[O-])cc1. The molecule has 2 N–H and O–H groups in total. The maximum absolute atomic E-state index is 11.8. The molecule has 0 spiro atoms. The molecule has 4 aromatic rings. The summed E-state index contributed by atoms with van der Waals surface area (Å²) in [5, 5.41) is 18.7. The van der Waals surface area contributed by atoms with E-state index in [-0.39, 0.29) is 17.3 Å². The van der Waals surface area contributed by atoms with Crippen molar-refractivity contribution in [1.82, 2.24) is 15.0 Å². The van der Waals surface area contributed by atoms with E-state index < -0.39 is 4.92 Å². The third-order valence-electron chi connectivity index (χ3n) is 4.22. The fourth-order valence-electron chi connectivity index (χ4n) is 2.85. The van der Waals surface area contributed by atoms with E-state index in [1.54, 1.807) is 6.20 Å². The first-order valence-corrected chi connectivity index (χ1v) is 8.55. The molecule has 138 valence electrons. The third-order valence-corrected chi connectivity index (χ3v) is 4.22. The van der Waals surface area contributed by atoms with Gasteiger partial charge in [0.05, 0.1) is 10.4 Å². The van der Waals surface area contributed by atoms with E-state index in [1.165, 1.54) is 6.33 Å². The molecule has 8 nitrogen and oxygen atoms in total. The first-order chi connectivity index (χ1) is 13.6. The average Bonchev–Trinajstić information content (AvgIpc) is 2.70. The predicted molar refractivity (Wildman–Crippen MR) is 108 cm³/mol. The van der Waals surface area contributed by atoms with Crippen molar-refractivity contribution in [2.45, 2.75) is 6.92 Å². The molecule has 28 heavy (non-hydrogen) atoms. The Kier molecular flexibility index (Phi) is 4.51. The van der Waals surface area contributed by atoms with Crippen LogP contribution in [0.3, 0.4) is 0 Å². The lowest BCUT2D eigenvalue weighted by atomic mass is 10.2. The van der Waals surface area contributed by atoms with Crippen LogP contribution < -0.4 is 10.6 Å². The van der Waals surface area contributed by atoms with Crippen molar-refractivity contribution < 1.29 is 4.92 Å². The largest absolute Gasteiger partial charge is 0.353 e. The number of nitro groups is 1. The second-order valence-corrected chi connectivity index (χ2v) is 6.17. The van der Waals surface area contributed by atoms with E-state index in [0.29, 0.717) is 11.4 Å². The zero-order valence-electron chi connectivity index (χ0n) is 15.0. The molecule has 0 amide bonds. The number of anilines is 4. The molecular weight excluding hydrogens is 356 g/mol. The number of nitrogens with zero attached hydrogens (tertiary/aromatic N) is 4. The fourth-order valence-corrected chi connectivity index (χ4v) is 2.85. The molecule has 8 heteroatoms. The Hall–Kier alpha value is -4.07. The number of rotatable bonds is 5. The Labute approximate surface area is 160 Å². The standard InChI is InChI=1S/C20H16N6O2/c1-13-7-9-14(10-8-13)24-19-18(26(27)28)20(23-12-22-19)25-17-6-2-5-16-15(17)4-3-11-21-16/h2-12H,1H3,(H2,22,23,24,25). The second-order valence-electron chi connectivity index (χ2n) is 6.17. The Balaban J connectivity index is 1.74. The Morgan fingerprint density at radius 2 is 1.64 bits per heavy atom. The van der Waals surface area contributed by atoms with Crippen molar-refractivity contribution in [3.8, 4) is 0 Å². The van der Waals surface area contributed by atoms with Gasteiger partial charge in [0.15, 0.2) is 0 Å². The number of pyridine rings is 1. The topological polar surface area (TPSA) is 106 Å². The van der Waals surface area contributed by atoms with Crippen LogP contribution in [0.1, 0.15) is 5.56 Å². The van der Waals surface area contributed by atoms with Gasteiger partial charge in [0.1, 0.15) is 6.33 Å². The van der Waals surface area contributed by atoms with Gasteiger partial charge in [-0.1, -0.05) is 23.8 Å². The van der Waals surface area contributed by atoms with Gasteiger partial charge in [0.2, 0.25) is 11.6 Å². The van der Waals surface area contributed by atoms with E-state index in [0.717, 1.165) is 16.5 Å². The minimum absolute atomic E-state index is 0.103. The van der Waals surface area contributed by atoms with Crippen LogP contribution in [-0.4, -0.2) is 19.9 Å². The minimum Gasteiger partial charge on any atom is -0.334 e. The molecule has 0 fully saturated rings. The van der Waals surface area contributed by atoms with Gasteiger partial charge in [-0.15, -0.1) is 0 Å². The molecule has 0 atom stereocenters. The highest BCUT2D eigenvalue weighted by atomic mass is 16.6. The summed E-state index contributed by atoms with van der Waals surface area (Å²) in [6.07, 6.45) is 2.98. The number of aryl methyl sites for hydroxylation is 1. The molecule has 0 unspecified atom stereocenters. The highest BCUT2D eigenvalue weighted by molar-refractivity contribution is 5.93. The highest BCUT2D eigenvalue weighted by Gasteiger charge is 2.23. The van der Waals surface area contributed by atoms with Gasteiger partial charge in [-0.3, -0.25) is 15.1 Å². The van der Waals surface area contributed by atoms with E-state index >= 15 is 0 Å². The minimum atomic E-state index is -0.498. The van der Waals surface area contributed by atoms with Gasteiger partial charge < -0.3 is 10.6 Å². The summed E-state index contributed by atoms with van der Waals surface area (Å²) in [7, 11) is 0. The van der Waals surface area contributed by atoms with Crippen molar-refractivity contribution in [2.75, 3.05) is 10.6 Å². The molecule has 0 aliphatic rings. The van der Waals surface area contributed by atoms with Crippen LogP contribution in [0, 0.1) is 17.0 Å². The first kappa shape index (κ1) is 17.3. The van der Waals surface area contributed by atoms with Gasteiger partial charge in [0, 0.05) is 23.0 Å². The van der Waals surface area contributed by atoms with Gasteiger partial charge in [-0.05, 0) is 43.3 Å². The van der Waals surface area contributed by atoms with Crippen molar-refractivity contribution in [3.63, 3.8) is 0 Å². The van der Waals surface area contributed by atoms with E-state index in [1.807, 2.05) is 61.5 Å². The highest BCUT2D eigenvalue weighted by Crippen LogP contribution is 2.34. The maximum Gasteiger partial charge on any atom is 0.353 e. The normalized spacial score (nSPS) is 10.6. The smallest absolute Gasteiger partial charge is 0.334 e. The number of benzene rings is 2. The van der Waals surface area contributed by atoms with Crippen LogP contribution in [-0.2, 0) is 0 Å². The summed E-state index contributed by atoms with van der Waals surface area (Å²) >= 11 is 0. The van der Waals surface area contributed by atoms with Crippen molar-refractivity contribution in [1.29, 1.82) is 0 Å². The summed E-state index contributed by atoms with van der Waals surface area (Å²) in [5.41, 5.74) is 3.02. The third kappa shape index (κ3) is 3.43. The van der Waals surface area contributed by atoms with Crippen LogP contribution >= 0.6 is 0 Å².